The highest BCUT2D eigenvalue weighted by molar-refractivity contribution is 5.90. The summed E-state index contributed by atoms with van der Waals surface area (Å²) < 4.78 is 98.3. The van der Waals surface area contributed by atoms with Gasteiger partial charge in [0.2, 0.25) is 5.82 Å². The third-order valence-corrected chi connectivity index (χ3v) is 6.90. The summed E-state index contributed by atoms with van der Waals surface area (Å²) in [6, 6.07) is 7.24. The van der Waals surface area contributed by atoms with Crippen molar-refractivity contribution in [2.75, 3.05) is 6.61 Å². The highest BCUT2D eigenvalue weighted by Crippen LogP contribution is 2.36. The third kappa shape index (κ3) is 6.34. The maximum Gasteiger partial charge on any atom is 0.341 e. The van der Waals surface area contributed by atoms with Crippen molar-refractivity contribution >= 4 is 11.5 Å². The second-order valence-electron chi connectivity index (χ2n) is 9.50. The molecule has 0 radical (unpaired) electrons. The molecule has 1 aliphatic carbocycles. The molecule has 1 unspecified atom stereocenters. The number of benzene rings is 3. The molecular formula is C32H28F6O3. The first kappa shape index (κ1) is 30.0. The maximum atomic E-state index is 15.1. The number of esters is 1. The molecule has 0 spiro atoms. The van der Waals surface area contributed by atoms with Crippen LogP contribution in [0.1, 0.15) is 61.0 Å². The van der Waals surface area contributed by atoms with Gasteiger partial charge in [-0.25, -0.2) is 26.7 Å². The summed E-state index contributed by atoms with van der Waals surface area (Å²) in [5.41, 5.74) is -0.901. The van der Waals surface area contributed by atoms with Gasteiger partial charge in [-0.3, -0.25) is 0 Å². The molecule has 1 aliphatic rings. The van der Waals surface area contributed by atoms with Gasteiger partial charge < -0.3 is 9.47 Å². The SMILES string of the molecule is C/C=C/CCc1ccc(C(=O)OC2CC=C(c3ccc(-c4ccc(OCC)c(F)c4F)c(F)c3F)CC2)c(F)c1F. The van der Waals surface area contributed by atoms with E-state index in [1.54, 1.807) is 19.1 Å². The molecular weight excluding hydrogens is 546 g/mol. The average Bonchev–Trinajstić information content (AvgIpc) is 2.96. The van der Waals surface area contributed by atoms with Crippen LogP contribution in [-0.2, 0) is 11.2 Å². The highest BCUT2D eigenvalue weighted by atomic mass is 19.2. The van der Waals surface area contributed by atoms with Gasteiger partial charge in [0, 0.05) is 23.1 Å². The topological polar surface area (TPSA) is 35.5 Å². The minimum atomic E-state index is -1.36. The maximum absolute atomic E-state index is 15.1. The van der Waals surface area contributed by atoms with Gasteiger partial charge in [-0.15, -0.1) is 0 Å². The molecule has 3 aromatic rings. The van der Waals surface area contributed by atoms with Crippen LogP contribution in [0.5, 0.6) is 5.75 Å². The van der Waals surface area contributed by atoms with E-state index in [2.05, 4.69) is 0 Å². The van der Waals surface area contributed by atoms with Crippen molar-refractivity contribution in [1.29, 1.82) is 0 Å². The van der Waals surface area contributed by atoms with Crippen LogP contribution < -0.4 is 4.74 Å². The van der Waals surface area contributed by atoms with Crippen LogP contribution in [-0.4, -0.2) is 18.7 Å². The Bertz CT molecular complexity index is 1510. The second kappa shape index (κ2) is 13.1. The van der Waals surface area contributed by atoms with E-state index in [0.717, 1.165) is 12.1 Å². The van der Waals surface area contributed by atoms with Crippen molar-refractivity contribution in [3.05, 3.63) is 106 Å². The number of halogens is 6. The summed E-state index contributed by atoms with van der Waals surface area (Å²) in [4.78, 5) is 12.6. The van der Waals surface area contributed by atoms with Crippen molar-refractivity contribution < 1.29 is 40.6 Å². The highest BCUT2D eigenvalue weighted by Gasteiger charge is 2.27. The largest absolute Gasteiger partial charge is 0.491 e. The number of rotatable bonds is 9. The molecule has 0 amide bonds. The lowest BCUT2D eigenvalue weighted by molar-refractivity contribution is 0.0278. The molecule has 41 heavy (non-hydrogen) atoms. The van der Waals surface area contributed by atoms with Crippen LogP contribution >= 0.6 is 0 Å². The summed E-state index contributed by atoms with van der Waals surface area (Å²) in [6.45, 7) is 3.51. The first-order chi connectivity index (χ1) is 19.7. The van der Waals surface area contributed by atoms with E-state index in [0.29, 0.717) is 12.0 Å². The van der Waals surface area contributed by atoms with Crippen LogP contribution in [0.4, 0.5) is 26.3 Å². The summed E-state index contributed by atoms with van der Waals surface area (Å²) >= 11 is 0. The van der Waals surface area contributed by atoms with Crippen molar-refractivity contribution in [3.63, 3.8) is 0 Å². The van der Waals surface area contributed by atoms with Crippen molar-refractivity contribution in [2.45, 2.75) is 52.1 Å². The second-order valence-corrected chi connectivity index (χ2v) is 9.50. The van der Waals surface area contributed by atoms with Gasteiger partial charge in [-0.2, -0.15) is 4.39 Å². The van der Waals surface area contributed by atoms with E-state index >= 15 is 8.78 Å². The lowest BCUT2D eigenvalue weighted by atomic mass is 9.90. The van der Waals surface area contributed by atoms with Gasteiger partial charge in [0.05, 0.1) is 12.2 Å². The number of hydrogen-bond donors (Lipinski definition) is 0. The zero-order chi connectivity index (χ0) is 29.7. The van der Waals surface area contributed by atoms with Crippen LogP contribution in [0.2, 0.25) is 0 Å². The Hall–Kier alpha value is -4.01. The van der Waals surface area contributed by atoms with Gasteiger partial charge >= 0.3 is 5.97 Å². The molecule has 216 valence electrons. The Morgan fingerprint density at radius 1 is 0.854 bits per heavy atom. The Morgan fingerprint density at radius 3 is 2.17 bits per heavy atom. The van der Waals surface area contributed by atoms with Gasteiger partial charge in [0.1, 0.15) is 6.10 Å². The molecule has 3 nitrogen and oxygen atoms in total. The molecule has 0 bridgehead atoms. The molecule has 0 aliphatic heterocycles. The van der Waals surface area contributed by atoms with Crippen LogP contribution in [0.3, 0.4) is 0 Å². The molecule has 0 heterocycles. The number of carbonyl (C=O) groups is 1. The standard InChI is InChI=1S/C32H28F6O3/c1-3-5-6-7-19-10-13-24(30(37)26(19)33)32(39)41-20-11-8-18(9-12-20)21-14-15-22(28(35)27(21)34)23-16-17-25(40-4-2)31(38)29(23)36/h3,5,8,10,13-17,20H,4,6-7,9,11-12H2,1-2H3/b5-3+. The molecule has 0 N–H and O–H groups in total. The van der Waals surface area contributed by atoms with Crippen molar-refractivity contribution in [2.24, 2.45) is 0 Å². The van der Waals surface area contributed by atoms with E-state index < -0.39 is 63.7 Å². The number of aryl methyl sites for hydroxylation is 1. The monoisotopic (exact) mass is 574 g/mol. The van der Waals surface area contributed by atoms with Gasteiger partial charge in [0.25, 0.3) is 0 Å². The smallest absolute Gasteiger partial charge is 0.341 e. The van der Waals surface area contributed by atoms with Crippen LogP contribution in [0.25, 0.3) is 16.7 Å². The van der Waals surface area contributed by atoms with E-state index in [4.69, 9.17) is 9.47 Å². The summed E-state index contributed by atoms with van der Waals surface area (Å²) in [5.74, 6) is -8.95. The first-order valence-corrected chi connectivity index (χ1v) is 13.2. The lowest BCUT2D eigenvalue weighted by Gasteiger charge is -2.23. The molecule has 9 heteroatoms. The summed E-state index contributed by atoms with van der Waals surface area (Å²) in [6.07, 6.45) is 5.87. The van der Waals surface area contributed by atoms with Crippen LogP contribution in [0, 0.1) is 34.9 Å². The molecule has 4 rings (SSSR count). The third-order valence-electron chi connectivity index (χ3n) is 6.90. The molecule has 0 saturated carbocycles. The zero-order valence-corrected chi connectivity index (χ0v) is 22.5. The van der Waals surface area contributed by atoms with Crippen molar-refractivity contribution in [1.82, 2.24) is 0 Å². The summed E-state index contributed by atoms with van der Waals surface area (Å²) in [5, 5.41) is 0. The Kier molecular flexibility index (Phi) is 9.57. The van der Waals surface area contributed by atoms with Gasteiger partial charge in [-0.1, -0.05) is 36.4 Å². The normalized spacial score (nSPS) is 15.2. The van der Waals surface area contributed by atoms with Gasteiger partial charge in [-0.05, 0) is 68.9 Å². The van der Waals surface area contributed by atoms with E-state index in [1.807, 2.05) is 13.0 Å². The fourth-order valence-corrected chi connectivity index (χ4v) is 4.73. The molecule has 3 aromatic carbocycles. The number of ether oxygens (including phenoxy) is 2. The Labute approximate surface area is 234 Å². The van der Waals surface area contributed by atoms with Gasteiger partial charge in [0.15, 0.2) is 34.8 Å². The quantitative estimate of drug-likeness (QED) is 0.145. The average molecular weight is 575 g/mol. The molecule has 0 aromatic heterocycles. The minimum absolute atomic E-state index is 0.0653. The lowest BCUT2D eigenvalue weighted by Crippen LogP contribution is -2.21. The van der Waals surface area contributed by atoms with E-state index in [9.17, 15) is 22.4 Å². The van der Waals surface area contributed by atoms with Crippen molar-refractivity contribution in [3.8, 4) is 16.9 Å². The van der Waals surface area contributed by atoms with E-state index in [-0.39, 0.29) is 49.2 Å². The summed E-state index contributed by atoms with van der Waals surface area (Å²) in [7, 11) is 0. The molecule has 0 fully saturated rings. The predicted molar refractivity (Wildman–Crippen MR) is 143 cm³/mol. The predicted octanol–water partition coefficient (Wildman–Crippen LogP) is 8.89. The minimum Gasteiger partial charge on any atom is -0.491 e. The number of hydrogen-bond acceptors (Lipinski definition) is 3. The van der Waals surface area contributed by atoms with Crippen LogP contribution in [0.15, 0.2) is 54.6 Å². The zero-order valence-electron chi connectivity index (χ0n) is 22.5. The fraction of sp³-hybridized carbons (Fsp3) is 0.281. The molecule has 1 atom stereocenters. The first-order valence-electron chi connectivity index (χ1n) is 13.2. The number of carbonyl (C=O) groups excluding carboxylic acids is 1. The number of allylic oxidation sites excluding steroid dienone is 3. The van der Waals surface area contributed by atoms with E-state index in [1.165, 1.54) is 24.3 Å². The fourth-order valence-electron chi connectivity index (χ4n) is 4.73. The Balaban J connectivity index is 1.47. The molecule has 0 saturated heterocycles. The Morgan fingerprint density at radius 2 is 1.51 bits per heavy atom.